The standard InChI is InChI=1S/C21H22BrClN4O4/c1-12(2)19(26-20(29)14-4-3-5-15(23)9-14)21(30)27-25-10-13-6-7-17(16(22)8-13)31-11-18(24)28/h3-10,12,19H,11H2,1-2H3,(H2,24,28)(H,26,29)(H,27,30). The number of ether oxygens (including phenoxy) is 1. The van der Waals surface area contributed by atoms with Gasteiger partial charge in [-0.05, 0) is 63.8 Å². The minimum absolute atomic E-state index is 0.172. The summed E-state index contributed by atoms with van der Waals surface area (Å²) in [7, 11) is 0. The van der Waals surface area contributed by atoms with Crippen molar-refractivity contribution < 1.29 is 19.1 Å². The highest BCUT2D eigenvalue weighted by molar-refractivity contribution is 9.10. The summed E-state index contributed by atoms with van der Waals surface area (Å²) in [5.74, 6) is -1.17. The summed E-state index contributed by atoms with van der Waals surface area (Å²) in [5.41, 5.74) is 8.52. The van der Waals surface area contributed by atoms with Gasteiger partial charge in [-0.1, -0.05) is 31.5 Å². The van der Waals surface area contributed by atoms with Crippen LogP contribution in [-0.4, -0.2) is 36.6 Å². The number of rotatable bonds is 9. The van der Waals surface area contributed by atoms with Crippen molar-refractivity contribution in [3.8, 4) is 5.75 Å². The van der Waals surface area contributed by atoms with Crippen molar-refractivity contribution in [1.82, 2.24) is 10.7 Å². The zero-order valence-corrected chi connectivity index (χ0v) is 19.2. The Balaban J connectivity index is 1.99. The number of carbonyl (C=O) groups is 3. The SMILES string of the molecule is CC(C)C(NC(=O)c1cccc(Cl)c1)C(=O)NN=Cc1ccc(OCC(N)=O)c(Br)c1. The number of primary amides is 1. The summed E-state index contributed by atoms with van der Waals surface area (Å²) in [4.78, 5) is 35.8. The number of nitrogens with zero attached hydrogens (tertiary/aromatic N) is 1. The second-order valence-corrected chi connectivity index (χ2v) is 8.18. The molecule has 0 aromatic heterocycles. The molecule has 0 heterocycles. The van der Waals surface area contributed by atoms with Gasteiger partial charge in [-0.2, -0.15) is 5.10 Å². The molecule has 0 saturated carbocycles. The molecule has 10 heteroatoms. The third-order valence-corrected chi connectivity index (χ3v) is 4.89. The van der Waals surface area contributed by atoms with E-state index < -0.39 is 23.8 Å². The van der Waals surface area contributed by atoms with Crippen molar-refractivity contribution in [1.29, 1.82) is 0 Å². The predicted octanol–water partition coefficient (Wildman–Crippen LogP) is 2.87. The third-order valence-electron chi connectivity index (χ3n) is 4.04. The van der Waals surface area contributed by atoms with Crippen LogP contribution in [0.25, 0.3) is 0 Å². The normalized spacial score (nSPS) is 11.9. The first kappa shape index (κ1) is 24.4. The fraction of sp³-hybridized carbons (Fsp3) is 0.238. The van der Waals surface area contributed by atoms with Crippen LogP contribution in [-0.2, 0) is 9.59 Å². The number of nitrogens with one attached hydrogen (secondary N) is 2. The molecular formula is C21H22BrClN4O4. The summed E-state index contributed by atoms with van der Waals surface area (Å²) in [6, 6.07) is 10.7. The molecule has 2 aromatic rings. The minimum Gasteiger partial charge on any atom is -0.483 e. The molecule has 0 aliphatic heterocycles. The Kier molecular flexibility index (Phi) is 9.02. The van der Waals surface area contributed by atoms with Gasteiger partial charge >= 0.3 is 0 Å². The molecule has 2 rings (SSSR count). The highest BCUT2D eigenvalue weighted by Crippen LogP contribution is 2.25. The maximum absolute atomic E-state index is 12.5. The van der Waals surface area contributed by atoms with E-state index in [1.807, 2.05) is 13.8 Å². The van der Waals surface area contributed by atoms with E-state index in [1.165, 1.54) is 12.3 Å². The maximum Gasteiger partial charge on any atom is 0.262 e. The first-order chi connectivity index (χ1) is 14.7. The number of hydrogen-bond donors (Lipinski definition) is 3. The van der Waals surface area contributed by atoms with Crippen LogP contribution in [0.5, 0.6) is 5.75 Å². The molecule has 0 saturated heterocycles. The number of nitrogens with two attached hydrogens (primary N) is 1. The number of halogens is 2. The quantitative estimate of drug-likeness (QED) is 0.355. The van der Waals surface area contributed by atoms with Gasteiger partial charge in [0.25, 0.3) is 17.7 Å². The van der Waals surface area contributed by atoms with Gasteiger partial charge in [-0.15, -0.1) is 0 Å². The molecular weight excluding hydrogens is 488 g/mol. The van der Waals surface area contributed by atoms with Crippen molar-refractivity contribution in [2.45, 2.75) is 19.9 Å². The van der Waals surface area contributed by atoms with Crippen LogP contribution in [0.15, 0.2) is 52.0 Å². The van der Waals surface area contributed by atoms with Crippen molar-refractivity contribution in [3.63, 3.8) is 0 Å². The van der Waals surface area contributed by atoms with Crippen molar-refractivity contribution in [2.75, 3.05) is 6.61 Å². The van der Waals surface area contributed by atoms with Gasteiger partial charge in [0.1, 0.15) is 11.8 Å². The highest BCUT2D eigenvalue weighted by Gasteiger charge is 2.24. The molecule has 0 aliphatic rings. The summed E-state index contributed by atoms with van der Waals surface area (Å²) >= 11 is 9.25. The molecule has 1 atom stereocenters. The zero-order valence-electron chi connectivity index (χ0n) is 16.9. The molecule has 1 unspecified atom stereocenters. The summed E-state index contributed by atoms with van der Waals surface area (Å²) in [6.07, 6.45) is 1.44. The number of hydrogen-bond acceptors (Lipinski definition) is 5. The molecule has 31 heavy (non-hydrogen) atoms. The Bertz CT molecular complexity index is 997. The van der Waals surface area contributed by atoms with E-state index in [9.17, 15) is 14.4 Å². The minimum atomic E-state index is -0.792. The molecule has 0 radical (unpaired) electrons. The lowest BCUT2D eigenvalue weighted by Crippen LogP contribution is -2.48. The summed E-state index contributed by atoms with van der Waals surface area (Å²) < 4.78 is 5.85. The van der Waals surface area contributed by atoms with E-state index >= 15 is 0 Å². The Morgan fingerprint density at radius 1 is 1.23 bits per heavy atom. The first-order valence-corrected chi connectivity index (χ1v) is 10.4. The number of hydrazone groups is 1. The lowest BCUT2D eigenvalue weighted by molar-refractivity contribution is -0.124. The Morgan fingerprint density at radius 2 is 1.97 bits per heavy atom. The first-order valence-electron chi connectivity index (χ1n) is 9.27. The molecule has 0 spiro atoms. The molecule has 164 valence electrons. The zero-order chi connectivity index (χ0) is 23.0. The molecule has 8 nitrogen and oxygen atoms in total. The Hall–Kier alpha value is -2.91. The van der Waals surface area contributed by atoms with Gasteiger partial charge in [0, 0.05) is 10.6 Å². The second kappa shape index (κ2) is 11.5. The predicted molar refractivity (Wildman–Crippen MR) is 122 cm³/mol. The van der Waals surface area contributed by atoms with E-state index in [0.29, 0.717) is 26.4 Å². The van der Waals surface area contributed by atoms with E-state index in [4.69, 9.17) is 22.1 Å². The average Bonchev–Trinajstić information content (AvgIpc) is 2.70. The van der Waals surface area contributed by atoms with Gasteiger partial charge in [0.2, 0.25) is 0 Å². The molecule has 3 amide bonds. The summed E-state index contributed by atoms with van der Waals surface area (Å²) in [5, 5.41) is 7.08. The van der Waals surface area contributed by atoms with Crippen LogP contribution in [0.1, 0.15) is 29.8 Å². The van der Waals surface area contributed by atoms with Crippen LogP contribution in [0.3, 0.4) is 0 Å². The van der Waals surface area contributed by atoms with Gasteiger partial charge in [-0.3, -0.25) is 14.4 Å². The van der Waals surface area contributed by atoms with E-state index in [-0.39, 0.29) is 12.5 Å². The fourth-order valence-corrected chi connectivity index (χ4v) is 3.19. The van der Waals surface area contributed by atoms with Crippen LogP contribution in [0, 0.1) is 5.92 Å². The topological polar surface area (TPSA) is 123 Å². The number of carbonyl (C=O) groups excluding carboxylic acids is 3. The van der Waals surface area contributed by atoms with Crippen LogP contribution < -0.4 is 21.2 Å². The van der Waals surface area contributed by atoms with Crippen LogP contribution >= 0.6 is 27.5 Å². The average molecular weight is 510 g/mol. The van der Waals surface area contributed by atoms with Gasteiger partial charge in [0.15, 0.2) is 6.61 Å². The molecule has 0 fully saturated rings. The van der Waals surface area contributed by atoms with E-state index in [2.05, 4.69) is 31.8 Å². The number of benzene rings is 2. The molecule has 2 aromatic carbocycles. The second-order valence-electron chi connectivity index (χ2n) is 6.88. The van der Waals surface area contributed by atoms with Gasteiger partial charge in [0.05, 0.1) is 10.7 Å². The van der Waals surface area contributed by atoms with Crippen LogP contribution in [0.4, 0.5) is 0 Å². The lowest BCUT2D eigenvalue weighted by atomic mass is 10.0. The Labute approximate surface area is 193 Å². The van der Waals surface area contributed by atoms with Crippen molar-refractivity contribution in [3.05, 3.63) is 63.1 Å². The van der Waals surface area contributed by atoms with Crippen LogP contribution in [0.2, 0.25) is 5.02 Å². The fourth-order valence-electron chi connectivity index (χ4n) is 2.49. The smallest absolute Gasteiger partial charge is 0.262 e. The third kappa shape index (κ3) is 7.69. The monoisotopic (exact) mass is 508 g/mol. The lowest BCUT2D eigenvalue weighted by Gasteiger charge is -2.20. The van der Waals surface area contributed by atoms with Gasteiger partial charge in [-0.25, -0.2) is 5.43 Å². The number of amides is 3. The molecule has 0 aliphatic carbocycles. The molecule has 4 N–H and O–H groups in total. The molecule has 0 bridgehead atoms. The van der Waals surface area contributed by atoms with Crippen molar-refractivity contribution >= 4 is 51.5 Å². The largest absolute Gasteiger partial charge is 0.483 e. The highest BCUT2D eigenvalue weighted by atomic mass is 79.9. The Morgan fingerprint density at radius 3 is 2.58 bits per heavy atom. The summed E-state index contributed by atoms with van der Waals surface area (Å²) in [6.45, 7) is 3.39. The van der Waals surface area contributed by atoms with E-state index in [1.54, 1.807) is 36.4 Å². The van der Waals surface area contributed by atoms with Gasteiger partial charge < -0.3 is 15.8 Å². The van der Waals surface area contributed by atoms with E-state index in [0.717, 1.165) is 0 Å². The maximum atomic E-state index is 12.5. The van der Waals surface area contributed by atoms with Crippen molar-refractivity contribution in [2.24, 2.45) is 16.8 Å².